The maximum Gasteiger partial charge on any atom is 0.269 e. The third-order valence-corrected chi connectivity index (χ3v) is 4.39. The van der Waals surface area contributed by atoms with Crippen molar-refractivity contribution in [3.05, 3.63) is 59.2 Å². The van der Waals surface area contributed by atoms with Gasteiger partial charge in [0, 0.05) is 38.9 Å². The molecule has 1 amide bonds. The van der Waals surface area contributed by atoms with Crippen LogP contribution in [0, 0.1) is 5.82 Å². The van der Waals surface area contributed by atoms with Crippen molar-refractivity contribution in [2.24, 2.45) is 0 Å². The maximum atomic E-state index is 13.1. The standard InChI is InChI=1S/C18H22FN3O2/c1-21(2)18(24)16-8-7-14(20-16)10-22-11-15(23)9-17(22)12-3-5-13(19)6-4-12/h3-8,15,17,20,23H,9-11H2,1-2H3/t15-,17-/m1/s1. The molecule has 1 saturated heterocycles. The molecule has 0 unspecified atom stereocenters. The molecule has 1 aromatic carbocycles. The highest BCUT2D eigenvalue weighted by molar-refractivity contribution is 5.92. The molecule has 5 nitrogen and oxygen atoms in total. The molecule has 1 aromatic heterocycles. The number of amides is 1. The van der Waals surface area contributed by atoms with Crippen LogP contribution in [0.3, 0.4) is 0 Å². The van der Waals surface area contributed by atoms with E-state index in [9.17, 15) is 14.3 Å². The molecule has 2 aromatic rings. The van der Waals surface area contributed by atoms with E-state index in [1.165, 1.54) is 17.0 Å². The van der Waals surface area contributed by atoms with Gasteiger partial charge in [-0.1, -0.05) is 12.1 Å². The lowest BCUT2D eigenvalue weighted by Crippen LogP contribution is -2.25. The summed E-state index contributed by atoms with van der Waals surface area (Å²) in [4.78, 5) is 18.8. The molecule has 3 rings (SSSR count). The van der Waals surface area contributed by atoms with Gasteiger partial charge in [-0.2, -0.15) is 0 Å². The molecule has 0 saturated carbocycles. The van der Waals surface area contributed by atoms with Crippen LogP contribution in [0.2, 0.25) is 0 Å². The summed E-state index contributed by atoms with van der Waals surface area (Å²) < 4.78 is 13.1. The molecule has 1 fully saturated rings. The van der Waals surface area contributed by atoms with Gasteiger partial charge in [-0.15, -0.1) is 0 Å². The van der Waals surface area contributed by atoms with E-state index in [1.807, 2.05) is 6.07 Å². The number of hydrogen-bond acceptors (Lipinski definition) is 3. The molecule has 0 aliphatic carbocycles. The van der Waals surface area contributed by atoms with E-state index in [4.69, 9.17) is 0 Å². The molecule has 0 bridgehead atoms. The third kappa shape index (κ3) is 3.49. The van der Waals surface area contributed by atoms with Crippen molar-refractivity contribution < 1.29 is 14.3 Å². The van der Waals surface area contributed by atoms with Crippen LogP contribution in [0.25, 0.3) is 0 Å². The van der Waals surface area contributed by atoms with Crippen molar-refractivity contribution in [3.63, 3.8) is 0 Å². The summed E-state index contributed by atoms with van der Waals surface area (Å²) >= 11 is 0. The van der Waals surface area contributed by atoms with Crippen molar-refractivity contribution in [2.45, 2.75) is 25.1 Å². The summed E-state index contributed by atoms with van der Waals surface area (Å²) in [5, 5.41) is 10.0. The minimum Gasteiger partial charge on any atom is -0.392 e. The van der Waals surface area contributed by atoms with Crippen molar-refractivity contribution in [1.29, 1.82) is 0 Å². The molecule has 2 heterocycles. The summed E-state index contributed by atoms with van der Waals surface area (Å²) in [6, 6.07) is 10.1. The minimum atomic E-state index is -0.405. The fourth-order valence-corrected chi connectivity index (χ4v) is 3.20. The molecular formula is C18H22FN3O2. The van der Waals surface area contributed by atoms with E-state index in [2.05, 4.69) is 9.88 Å². The van der Waals surface area contributed by atoms with E-state index in [1.54, 1.807) is 32.3 Å². The van der Waals surface area contributed by atoms with Crippen molar-refractivity contribution >= 4 is 5.91 Å². The molecule has 2 atom stereocenters. The van der Waals surface area contributed by atoms with E-state index in [-0.39, 0.29) is 17.8 Å². The van der Waals surface area contributed by atoms with E-state index in [0.717, 1.165) is 11.3 Å². The highest BCUT2D eigenvalue weighted by Gasteiger charge is 2.32. The molecule has 128 valence electrons. The predicted octanol–water partition coefficient (Wildman–Crippen LogP) is 2.16. The number of hydrogen-bond donors (Lipinski definition) is 2. The van der Waals surface area contributed by atoms with Gasteiger partial charge in [-0.3, -0.25) is 9.69 Å². The highest BCUT2D eigenvalue weighted by atomic mass is 19.1. The van der Waals surface area contributed by atoms with Gasteiger partial charge < -0.3 is 15.0 Å². The Morgan fingerprint density at radius 3 is 2.67 bits per heavy atom. The first-order valence-corrected chi connectivity index (χ1v) is 8.01. The van der Waals surface area contributed by atoms with Crippen LogP contribution < -0.4 is 0 Å². The number of aromatic amines is 1. The lowest BCUT2D eigenvalue weighted by Gasteiger charge is -2.24. The fourth-order valence-electron chi connectivity index (χ4n) is 3.20. The molecule has 1 aliphatic rings. The number of nitrogens with zero attached hydrogens (tertiary/aromatic N) is 2. The Hall–Kier alpha value is -2.18. The molecule has 2 N–H and O–H groups in total. The molecule has 0 radical (unpaired) electrons. The topological polar surface area (TPSA) is 59.6 Å². The fraction of sp³-hybridized carbons (Fsp3) is 0.389. The van der Waals surface area contributed by atoms with Gasteiger partial charge in [0.1, 0.15) is 11.5 Å². The lowest BCUT2D eigenvalue weighted by atomic mass is 10.0. The number of nitrogens with one attached hydrogen (secondary N) is 1. The quantitative estimate of drug-likeness (QED) is 0.903. The van der Waals surface area contributed by atoms with E-state index < -0.39 is 6.10 Å². The van der Waals surface area contributed by atoms with Crippen LogP contribution in [0.1, 0.15) is 34.2 Å². The Labute approximate surface area is 140 Å². The molecular weight excluding hydrogens is 309 g/mol. The Bertz CT molecular complexity index is 711. The number of carbonyl (C=O) groups is 1. The van der Waals surface area contributed by atoms with Crippen LogP contribution in [-0.2, 0) is 6.54 Å². The van der Waals surface area contributed by atoms with E-state index in [0.29, 0.717) is 25.2 Å². The number of likely N-dealkylation sites (tertiary alicyclic amines) is 1. The highest BCUT2D eigenvalue weighted by Crippen LogP contribution is 2.33. The Balaban J connectivity index is 1.75. The Morgan fingerprint density at radius 1 is 1.29 bits per heavy atom. The number of halogens is 1. The van der Waals surface area contributed by atoms with Crippen LogP contribution in [0.5, 0.6) is 0 Å². The van der Waals surface area contributed by atoms with Crippen molar-refractivity contribution in [1.82, 2.24) is 14.8 Å². The second-order valence-electron chi connectivity index (χ2n) is 6.48. The van der Waals surface area contributed by atoms with Gasteiger partial charge in [0.2, 0.25) is 0 Å². The van der Waals surface area contributed by atoms with Gasteiger partial charge in [-0.05, 0) is 36.2 Å². The smallest absolute Gasteiger partial charge is 0.269 e. The molecule has 6 heteroatoms. The van der Waals surface area contributed by atoms with Crippen LogP contribution >= 0.6 is 0 Å². The first-order valence-electron chi connectivity index (χ1n) is 8.01. The summed E-state index contributed by atoms with van der Waals surface area (Å²) in [5.41, 5.74) is 2.46. The zero-order valence-electron chi connectivity index (χ0n) is 13.9. The number of benzene rings is 1. The van der Waals surface area contributed by atoms with Gasteiger partial charge in [0.25, 0.3) is 5.91 Å². The van der Waals surface area contributed by atoms with Gasteiger partial charge in [0.15, 0.2) is 0 Å². The van der Waals surface area contributed by atoms with Gasteiger partial charge >= 0.3 is 0 Å². The first-order chi connectivity index (χ1) is 11.4. The van der Waals surface area contributed by atoms with Crippen LogP contribution in [0.4, 0.5) is 4.39 Å². The van der Waals surface area contributed by atoms with Crippen molar-refractivity contribution in [2.75, 3.05) is 20.6 Å². The summed E-state index contributed by atoms with van der Waals surface area (Å²) in [7, 11) is 3.43. The lowest BCUT2D eigenvalue weighted by molar-refractivity contribution is 0.0822. The van der Waals surface area contributed by atoms with E-state index >= 15 is 0 Å². The minimum absolute atomic E-state index is 0.0388. The average molecular weight is 331 g/mol. The van der Waals surface area contributed by atoms with Gasteiger partial charge in [0.05, 0.1) is 6.10 Å². The summed E-state index contributed by atoms with van der Waals surface area (Å²) in [5.74, 6) is -0.335. The number of aliphatic hydroxyl groups is 1. The number of β-amino-alcohol motifs (C(OH)–C–C–N with tert-alkyl or cyclic N) is 1. The van der Waals surface area contributed by atoms with Gasteiger partial charge in [-0.25, -0.2) is 4.39 Å². The number of aliphatic hydroxyl groups excluding tert-OH is 1. The second-order valence-corrected chi connectivity index (χ2v) is 6.48. The normalized spacial score (nSPS) is 21.2. The summed E-state index contributed by atoms with van der Waals surface area (Å²) in [6.45, 7) is 1.15. The monoisotopic (exact) mass is 331 g/mol. The Morgan fingerprint density at radius 2 is 2.00 bits per heavy atom. The molecule has 24 heavy (non-hydrogen) atoms. The van der Waals surface area contributed by atoms with Crippen molar-refractivity contribution in [3.8, 4) is 0 Å². The second kappa shape index (κ2) is 6.75. The zero-order valence-corrected chi connectivity index (χ0v) is 13.9. The largest absolute Gasteiger partial charge is 0.392 e. The van der Waals surface area contributed by atoms with Crippen LogP contribution in [-0.4, -0.2) is 52.5 Å². The maximum absolute atomic E-state index is 13.1. The number of H-pyrrole nitrogens is 1. The van der Waals surface area contributed by atoms with Crippen LogP contribution in [0.15, 0.2) is 36.4 Å². The predicted molar refractivity (Wildman–Crippen MR) is 89.0 cm³/mol. The SMILES string of the molecule is CN(C)C(=O)c1ccc(CN2C[C@H](O)C[C@@H]2c2ccc(F)cc2)[nH]1. The Kier molecular flexibility index (Phi) is 4.69. The summed E-state index contributed by atoms with van der Waals surface area (Å²) in [6.07, 6.45) is 0.216. The number of aromatic nitrogens is 1. The molecule has 1 aliphatic heterocycles. The number of carbonyl (C=O) groups excluding carboxylic acids is 1. The third-order valence-electron chi connectivity index (χ3n) is 4.39. The number of rotatable bonds is 4. The average Bonchev–Trinajstić information content (AvgIpc) is 3.14. The zero-order chi connectivity index (χ0) is 17.3. The first kappa shape index (κ1) is 16.7. The molecule has 0 spiro atoms.